The number of hydrogen-bond donors (Lipinski definition) is 1. The van der Waals surface area contributed by atoms with Crippen LogP contribution in [-0.2, 0) is 4.79 Å². The van der Waals surface area contributed by atoms with Gasteiger partial charge in [0.25, 0.3) is 0 Å². The minimum atomic E-state index is -0.276. The molecule has 1 N–H and O–H groups in total. The van der Waals surface area contributed by atoms with Gasteiger partial charge in [0.15, 0.2) is 11.6 Å². The van der Waals surface area contributed by atoms with Crippen LogP contribution in [0.1, 0.15) is 27.7 Å². The number of aromatic nitrogens is 2. The van der Waals surface area contributed by atoms with Crippen molar-refractivity contribution < 1.29 is 9.21 Å². The van der Waals surface area contributed by atoms with Gasteiger partial charge in [0.1, 0.15) is 5.03 Å². The molecule has 1 atom stereocenters. The average molecular weight is 355 g/mol. The molecule has 1 amide bonds. The Morgan fingerprint density at radius 1 is 1.16 bits per heavy atom. The zero-order chi connectivity index (χ0) is 18.0. The highest BCUT2D eigenvalue weighted by molar-refractivity contribution is 8.00. The second-order valence-electron chi connectivity index (χ2n) is 6.85. The van der Waals surface area contributed by atoms with Crippen molar-refractivity contribution in [2.75, 3.05) is 0 Å². The lowest BCUT2D eigenvalue weighted by Crippen LogP contribution is -2.44. The summed E-state index contributed by atoms with van der Waals surface area (Å²) >= 11 is 1.43. The summed E-state index contributed by atoms with van der Waals surface area (Å²) in [4.78, 5) is 21.6. The number of carbonyl (C=O) groups excluding carboxylic acids is 1. The SMILES string of the molecule is C[C@H](Sc1nc(-c2ccco2)nc2ccccc12)C(=O)NC(C)(C)C. The van der Waals surface area contributed by atoms with Crippen LogP contribution < -0.4 is 5.32 Å². The molecule has 3 aromatic rings. The van der Waals surface area contributed by atoms with E-state index in [4.69, 9.17) is 4.42 Å². The molecule has 0 unspecified atom stereocenters. The number of carbonyl (C=O) groups is 1. The Morgan fingerprint density at radius 3 is 2.60 bits per heavy atom. The third-order valence-electron chi connectivity index (χ3n) is 3.47. The molecule has 0 bridgehead atoms. The van der Waals surface area contributed by atoms with Crippen molar-refractivity contribution >= 4 is 28.6 Å². The lowest BCUT2D eigenvalue weighted by atomic mass is 10.1. The summed E-state index contributed by atoms with van der Waals surface area (Å²) < 4.78 is 5.43. The Labute approximate surface area is 151 Å². The number of furan rings is 1. The molecule has 2 heterocycles. The lowest BCUT2D eigenvalue weighted by molar-refractivity contribution is -0.121. The second kappa shape index (κ2) is 6.88. The summed E-state index contributed by atoms with van der Waals surface area (Å²) in [6.45, 7) is 7.79. The number of nitrogens with zero attached hydrogens (tertiary/aromatic N) is 2. The van der Waals surface area contributed by atoms with Crippen LogP contribution in [0.5, 0.6) is 0 Å². The normalized spacial score (nSPS) is 13.0. The molecule has 0 saturated carbocycles. The van der Waals surface area contributed by atoms with Gasteiger partial charge in [0.2, 0.25) is 5.91 Å². The van der Waals surface area contributed by atoms with Crippen LogP contribution in [0.2, 0.25) is 0 Å². The monoisotopic (exact) mass is 355 g/mol. The standard InChI is InChI=1S/C19H21N3O2S/c1-12(17(23)22-19(2,3)4)25-18-13-8-5-6-9-14(13)20-16(21-18)15-10-7-11-24-15/h5-12H,1-4H3,(H,22,23)/t12-/m0/s1. The number of benzene rings is 1. The van der Waals surface area contributed by atoms with E-state index in [1.807, 2.05) is 58.0 Å². The van der Waals surface area contributed by atoms with Crippen LogP contribution in [0.25, 0.3) is 22.5 Å². The summed E-state index contributed by atoms with van der Waals surface area (Å²) in [5.41, 5.74) is 0.564. The van der Waals surface area contributed by atoms with E-state index in [1.54, 1.807) is 12.3 Å². The number of nitrogens with one attached hydrogen (secondary N) is 1. The predicted molar refractivity (Wildman–Crippen MR) is 100 cm³/mol. The fourth-order valence-corrected chi connectivity index (χ4v) is 3.29. The first-order chi connectivity index (χ1) is 11.8. The van der Waals surface area contributed by atoms with Crippen LogP contribution in [0.4, 0.5) is 0 Å². The molecule has 130 valence electrons. The summed E-state index contributed by atoms with van der Waals surface area (Å²) in [5, 5.41) is 4.43. The number of amides is 1. The van der Waals surface area contributed by atoms with Gasteiger partial charge in [-0.2, -0.15) is 0 Å². The number of hydrogen-bond acceptors (Lipinski definition) is 5. The molecule has 0 aliphatic carbocycles. The Morgan fingerprint density at radius 2 is 1.92 bits per heavy atom. The Balaban J connectivity index is 1.96. The molecular formula is C19H21N3O2S. The van der Waals surface area contributed by atoms with Gasteiger partial charge in [-0.15, -0.1) is 0 Å². The molecule has 5 nitrogen and oxygen atoms in total. The van der Waals surface area contributed by atoms with E-state index in [2.05, 4.69) is 15.3 Å². The Kier molecular flexibility index (Phi) is 4.81. The van der Waals surface area contributed by atoms with Gasteiger partial charge in [0, 0.05) is 10.9 Å². The van der Waals surface area contributed by atoms with E-state index in [0.29, 0.717) is 11.6 Å². The summed E-state index contributed by atoms with van der Waals surface area (Å²) in [6, 6.07) is 11.4. The fraction of sp³-hybridized carbons (Fsp3) is 0.316. The zero-order valence-corrected chi connectivity index (χ0v) is 15.6. The number of para-hydroxylation sites is 1. The van der Waals surface area contributed by atoms with Crippen molar-refractivity contribution in [1.82, 2.24) is 15.3 Å². The molecule has 1 aromatic carbocycles. The lowest BCUT2D eigenvalue weighted by Gasteiger charge is -2.23. The van der Waals surface area contributed by atoms with Crippen LogP contribution >= 0.6 is 11.8 Å². The zero-order valence-electron chi connectivity index (χ0n) is 14.7. The smallest absolute Gasteiger partial charge is 0.233 e. The number of fused-ring (bicyclic) bond motifs is 1. The molecule has 3 rings (SSSR count). The highest BCUT2D eigenvalue weighted by atomic mass is 32.2. The third-order valence-corrected chi connectivity index (χ3v) is 4.57. The highest BCUT2D eigenvalue weighted by Gasteiger charge is 2.22. The minimum Gasteiger partial charge on any atom is -0.461 e. The maximum Gasteiger partial charge on any atom is 0.233 e. The predicted octanol–water partition coefficient (Wildman–Crippen LogP) is 4.29. The maximum atomic E-state index is 12.4. The van der Waals surface area contributed by atoms with Crippen molar-refractivity contribution in [2.24, 2.45) is 0 Å². The molecule has 0 aliphatic rings. The molecule has 0 spiro atoms. The second-order valence-corrected chi connectivity index (χ2v) is 8.18. The van der Waals surface area contributed by atoms with E-state index >= 15 is 0 Å². The van der Waals surface area contributed by atoms with Crippen molar-refractivity contribution in [2.45, 2.75) is 43.5 Å². The summed E-state index contributed by atoms with van der Waals surface area (Å²) in [7, 11) is 0. The van der Waals surface area contributed by atoms with Gasteiger partial charge in [-0.3, -0.25) is 4.79 Å². The van der Waals surface area contributed by atoms with Crippen LogP contribution in [0.3, 0.4) is 0 Å². The van der Waals surface area contributed by atoms with Crippen molar-refractivity contribution in [3.63, 3.8) is 0 Å². The van der Waals surface area contributed by atoms with E-state index in [-0.39, 0.29) is 16.7 Å². The summed E-state index contributed by atoms with van der Waals surface area (Å²) in [6.07, 6.45) is 1.60. The maximum absolute atomic E-state index is 12.4. The number of thioether (sulfide) groups is 1. The molecule has 6 heteroatoms. The van der Waals surface area contributed by atoms with Crippen molar-refractivity contribution in [3.8, 4) is 11.6 Å². The van der Waals surface area contributed by atoms with Gasteiger partial charge in [-0.25, -0.2) is 9.97 Å². The topological polar surface area (TPSA) is 68.0 Å². The van der Waals surface area contributed by atoms with Gasteiger partial charge in [0.05, 0.1) is 17.0 Å². The van der Waals surface area contributed by atoms with Crippen LogP contribution in [0.15, 0.2) is 52.1 Å². The molecule has 25 heavy (non-hydrogen) atoms. The molecule has 0 saturated heterocycles. The van der Waals surface area contributed by atoms with Crippen molar-refractivity contribution in [1.29, 1.82) is 0 Å². The van der Waals surface area contributed by atoms with Crippen LogP contribution in [-0.4, -0.2) is 26.7 Å². The first-order valence-electron chi connectivity index (χ1n) is 8.13. The van der Waals surface area contributed by atoms with E-state index in [1.165, 1.54) is 11.8 Å². The highest BCUT2D eigenvalue weighted by Crippen LogP contribution is 2.31. The minimum absolute atomic E-state index is 0.0141. The van der Waals surface area contributed by atoms with Crippen LogP contribution in [0, 0.1) is 0 Å². The van der Waals surface area contributed by atoms with E-state index in [0.717, 1.165) is 15.9 Å². The average Bonchev–Trinajstić information content (AvgIpc) is 3.07. The quantitative estimate of drug-likeness (QED) is 0.559. The molecule has 0 fully saturated rings. The van der Waals surface area contributed by atoms with Gasteiger partial charge in [-0.1, -0.05) is 30.0 Å². The Hall–Kier alpha value is -2.34. The van der Waals surface area contributed by atoms with Crippen molar-refractivity contribution in [3.05, 3.63) is 42.7 Å². The van der Waals surface area contributed by atoms with Gasteiger partial charge < -0.3 is 9.73 Å². The molecule has 2 aromatic heterocycles. The third kappa shape index (κ3) is 4.20. The Bertz CT molecular complexity index is 885. The first-order valence-corrected chi connectivity index (χ1v) is 9.01. The van der Waals surface area contributed by atoms with Gasteiger partial charge >= 0.3 is 0 Å². The molecular weight excluding hydrogens is 334 g/mol. The molecule has 0 aliphatic heterocycles. The molecule has 0 radical (unpaired) electrons. The fourth-order valence-electron chi connectivity index (χ4n) is 2.35. The first kappa shape index (κ1) is 17.5. The largest absolute Gasteiger partial charge is 0.461 e. The number of rotatable bonds is 4. The van der Waals surface area contributed by atoms with E-state index < -0.39 is 0 Å². The van der Waals surface area contributed by atoms with Gasteiger partial charge in [-0.05, 0) is 45.9 Å². The summed E-state index contributed by atoms with van der Waals surface area (Å²) in [5.74, 6) is 1.12. The van der Waals surface area contributed by atoms with E-state index in [9.17, 15) is 4.79 Å².